The maximum absolute atomic E-state index is 12.4. The fourth-order valence-electron chi connectivity index (χ4n) is 4.16. The Morgan fingerprint density at radius 1 is 1.29 bits per heavy atom. The monoisotopic (exact) mass is 397 g/mol. The summed E-state index contributed by atoms with van der Waals surface area (Å²) < 4.78 is 7.71. The third kappa shape index (κ3) is 3.83. The molecule has 0 radical (unpaired) electrons. The van der Waals surface area contributed by atoms with Crippen molar-refractivity contribution < 1.29 is 9.53 Å². The Balaban J connectivity index is 1.69. The van der Waals surface area contributed by atoms with Gasteiger partial charge in [0.15, 0.2) is 0 Å². The molecule has 2 heterocycles. The van der Waals surface area contributed by atoms with Gasteiger partial charge in [-0.2, -0.15) is 5.10 Å². The zero-order valence-electron chi connectivity index (χ0n) is 16.3. The zero-order valence-corrected chi connectivity index (χ0v) is 17.1. The Bertz CT molecular complexity index is 853. The van der Waals surface area contributed by atoms with E-state index in [4.69, 9.17) is 9.84 Å². The van der Waals surface area contributed by atoms with Gasteiger partial charge in [0.25, 0.3) is 0 Å². The minimum atomic E-state index is 0.0524. The van der Waals surface area contributed by atoms with Gasteiger partial charge in [0.2, 0.25) is 5.91 Å². The van der Waals surface area contributed by atoms with Crippen LogP contribution in [0.5, 0.6) is 5.75 Å². The molecular formula is C22H27N3O2S. The van der Waals surface area contributed by atoms with E-state index in [1.54, 1.807) is 17.8 Å². The number of thioether (sulfide) groups is 1. The first-order valence-electron chi connectivity index (χ1n) is 10.0. The van der Waals surface area contributed by atoms with Crippen LogP contribution < -0.4 is 10.1 Å². The number of nitrogens with zero attached hydrogens (tertiary/aromatic N) is 2. The minimum Gasteiger partial charge on any atom is -0.490 e. The van der Waals surface area contributed by atoms with Crippen LogP contribution in [0.3, 0.4) is 0 Å². The maximum Gasteiger partial charge on any atom is 0.235 e. The lowest BCUT2D eigenvalue weighted by molar-refractivity contribution is -0.113. The second kappa shape index (κ2) is 8.43. The highest BCUT2D eigenvalue weighted by molar-refractivity contribution is 8.00. The number of hydrogen-bond acceptors (Lipinski definition) is 4. The topological polar surface area (TPSA) is 56.1 Å². The van der Waals surface area contributed by atoms with E-state index in [0.29, 0.717) is 18.4 Å². The number of ether oxygens (including phenoxy) is 1. The summed E-state index contributed by atoms with van der Waals surface area (Å²) in [7, 11) is 0. The van der Waals surface area contributed by atoms with E-state index in [0.717, 1.165) is 35.7 Å². The highest BCUT2D eigenvalue weighted by atomic mass is 32.2. The molecule has 0 saturated heterocycles. The second-order valence-electron chi connectivity index (χ2n) is 7.49. The average Bonchev–Trinajstić information content (AvgIpc) is 2.93. The molecule has 1 aliphatic carbocycles. The van der Waals surface area contributed by atoms with Crippen molar-refractivity contribution in [1.29, 1.82) is 0 Å². The summed E-state index contributed by atoms with van der Waals surface area (Å²) in [4.78, 5) is 12.4. The van der Waals surface area contributed by atoms with Gasteiger partial charge in [-0.1, -0.05) is 44.1 Å². The number of rotatable bonds is 5. The third-order valence-corrected chi connectivity index (χ3v) is 6.77. The normalized spacial score (nSPS) is 20.2. The van der Waals surface area contributed by atoms with Crippen LogP contribution in [0.15, 0.2) is 36.9 Å². The first-order chi connectivity index (χ1) is 13.7. The number of nitrogens with one attached hydrogen (secondary N) is 1. The molecule has 2 aromatic rings. The van der Waals surface area contributed by atoms with Crippen LogP contribution in [0.2, 0.25) is 0 Å². The molecule has 148 valence electrons. The molecule has 0 unspecified atom stereocenters. The van der Waals surface area contributed by atoms with Gasteiger partial charge in [-0.25, -0.2) is 4.68 Å². The van der Waals surface area contributed by atoms with Gasteiger partial charge in [-0.05, 0) is 37.5 Å². The van der Waals surface area contributed by atoms with Crippen LogP contribution in [-0.4, -0.2) is 28.0 Å². The van der Waals surface area contributed by atoms with Crippen molar-refractivity contribution in [2.24, 2.45) is 0 Å². The summed E-state index contributed by atoms with van der Waals surface area (Å²) >= 11 is 1.66. The quantitative estimate of drug-likeness (QED) is 0.719. The molecule has 4 rings (SSSR count). The predicted molar refractivity (Wildman–Crippen MR) is 114 cm³/mol. The molecule has 1 amide bonds. The van der Waals surface area contributed by atoms with E-state index in [-0.39, 0.29) is 11.2 Å². The van der Waals surface area contributed by atoms with Crippen LogP contribution >= 0.6 is 11.8 Å². The highest BCUT2D eigenvalue weighted by Crippen LogP contribution is 2.45. The molecule has 6 heteroatoms. The molecule has 2 aliphatic rings. The molecule has 1 aromatic carbocycles. The van der Waals surface area contributed by atoms with Crippen LogP contribution in [0.4, 0.5) is 5.82 Å². The molecule has 5 nitrogen and oxygen atoms in total. The third-order valence-electron chi connectivity index (χ3n) is 5.50. The minimum absolute atomic E-state index is 0.0524. The smallest absolute Gasteiger partial charge is 0.235 e. The summed E-state index contributed by atoms with van der Waals surface area (Å²) in [6.45, 7) is 6.24. The molecule has 0 spiro atoms. The van der Waals surface area contributed by atoms with Crippen LogP contribution in [-0.2, 0) is 4.79 Å². The Kier molecular flexibility index (Phi) is 5.76. The number of aryl methyl sites for hydroxylation is 1. The van der Waals surface area contributed by atoms with Gasteiger partial charge in [-0.15, -0.1) is 11.8 Å². The van der Waals surface area contributed by atoms with Crippen molar-refractivity contribution in [2.45, 2.75) is 50.3 Å². The first-order valence-corrected chi connectivity index (χ1v) is 11.1. The van der Waals surface area contributed by atoms with Crippen molar-refractivity contribution in [3.63, 3.8) is 0 Å². The average molecular weight is 398 g/mol. The standard InChI is InChI=1S/C22H27N3O2S/c1-3-13-27-18-11-9-16(10-12-18)21-20-15(2)24-25(17-7-5-4-6-8-17)22(20)23-19(26)14-28-21/h3,9-12,17,21H,1,4-8,13-14H2,2H3,(H,23,26)/t21-/m1/s1. The number of benzene rings is 1. The maximum atomic E-state index is 12.4. The van der Waals surface area contributed by atoms with Gasteiger partial charge < -0.3 is 10.1 Å². The zero-order chi connectivity index (χ0) is 19.5. The summed E-state index contributed by atoms with van der Waals surface area (Å²) in [6, 6.07) is 8.54. The summed E-state index contributed by atoms with van der Waals surface area (Å²) in [5.41, 5.74) is 3.31. The number of carbonyl (C=O) groups is 1. The van der Waals surface area contributed by atoms with Crippen molar-refractivity contribution in [2.75, 3.05) is 17.7 Å². The number of anilines is 1. The van der Waals surface area contributed by atoms with E-state index >= 15 is 0 Å². The SMILES string of the molecule is C=CCOc1ccc([C@H]2SCC(=O)Nc3c2c(C)nn3C2CCCCC2)cc1. The second-order valence-corrected chi connectivity index (χ2v) is 8.59. The lowest BCUT2D eigenvalue weighted by atomic mass is 9.95. The Morgan fingerprint density at radius 2 is 2.04 bits per heavy atom. The Labute approximate surface area is 170 Å². The van der Waals surface area contributed by atoms with Crippen molar-refractivity contribution in [3.05, 3.63) is 53.7 Å². The largest absolute Gasteiger partial charge is 0.490 e. The molecular weight excluding hydrogens is 370 g/mol. The van der Waals surface area contributed by atoms with E-state index in [9.17, 15) is 4.79 Å². The fraction of sp³-hybridized carbons (Fsp3) is 0.455. The summed E-state index contributed by atoms with van der Waals surface area (Å²) in [5.74, 6) is 2.22. The van der Waals surface area contributed by atoms with Gasteiger partial charge in [0.1, 0.15) is 18.2 Å². The molecule has 1 aliphatic heterocycles. The van der Waals surface area contributed by atoms with E-state index in [2.05, 4.69) is 35.6 Å². The molecule has 1 fully saturated rings. The van der Waals surface area contributed by atoms with Gasteiger partial charge in [-0.3, -0.25) is 4.79 Å². The van der Waals surface area contributed by atoms with Gasteiger partial charge >= 0.3 is 0 Å². The molecule has 1 saturated carbocycles. The van der Waals surface area contributed by atoms with Gasteiger partial charge in [0.05, 0.1) is 22.7 Å². The highest BCUT2D eigenvalue weighted by Gasteiger charge is 2.32. The Hall–Kier alpha value is -2.21. The molecule has 1 atom stereocenters. The van der Waals surface area contributed by atoms with E-state index in [1.807, 2.05) is 12.1 Å². The summed E-state index contributed by atoms with van der Waals surface area (Å²) in [6.07, 6.45) is 7.77. The Morgan fingerprint density at radius 3 is 2.75 bits per heavy atom. The molecule has 1 aromatic heterocycles. The summed E-state index contributed by atoms with van der Waals surface area (Å²) in [5, 5.41) is 8.11. The lowest BCUT2D eigenvalue weighted by Crippen LogP contribution is -2.20. The van der Waals surface area contributed by atoms with Gasteiger partial charge in [0, 0.05) is 5.56 Å². The number of amides is 1. The molecule has 0 bridgehead atoms. The van der Waals surface area contributed by atoms with Crippen LogP contribution in [0, 0.1) is 6.92 Å². The number of fused-ring (bicyclic) bond motifs is 1. The van der Waals surface area contributed by atoms with Crippen molar-refractivity contribution in [3.8, 4) is 5.75 Å². The molecule has 1 N–H and O–H groups in total. The van der Waals surface area contributed by atoms with Crippen LogP contribution in [0.1, 0.15) is 60.2 Å². The van der Waals surface area contributed by atoms with E-state index < -0.39 is 0 Å². The lowest BCUT2D eigenvalue weighted by Gasteiger charge is -2.24. The first kappa shape index (κ1) is 19.1. The number of hydrogen-bond donors (Lipinski definition) is 1. The number of aromatic nitrogens is 2. The van der Waals surface area contributed by atoms with Crippen molar-refractivity contribution in [1.82, 2.24) is 9.78 Å². The predicted octanol–water partition coefficient (Wildman–Crippen LogP) is 5.04. The van der Waals surface area contributed by atoms with E-state index in [1.165, 1.54) is 24.8 Å². The van der Waals surface area contributed by atoms with Crippen molar-refractivity contribution >= 4 is 23.5 Å². The number of carbonyl (C=O) groups excluding carboxylic acids is 1. The fourth-order valence-corrected chi connectivity index (χ4v) is 5.34. The molecule has 28 heavy (non-hydrogen) atoms. The van der Waals surface area contributed by atoms with Crippen LogP contribution in [0.25, 0.3) is 0 Å².